The summed E-state index contributed by atoms with van der Waals surface area (Å²) in [6.45, 7) is 0. The van der Waals surface area contributed by atoms with E-state index in [1.165, 1.54) is 0 Å². The second-order valence-corrected chi connectivity index (χ2v) is 3.88. The number of aryl methyl sites for hydroxylation is 1. The molecule has 3 heteroatoms. The fourth-order valence-electron chi connectivity index (χ4n) is 2.12. The van der Waals surface area contributed by atoms with Crippen LogP contribution >= 0.6 is 0 Å². The van der Waals surface area contributed by atoms with Gasteiger partial charge in [-0.3, -0.25) is 4.79 Å². The minimum absolute atomic E-state index is 0.220. The van der Waals surface area contributed by atoms with Crippen molar-refractivity contribution in [2.45, 2.75) is 31.6 Å². The SMILES string of the molecule is Nc1oc2c(c1C1CC1)C(=O)CC2. The van der Waals surface area contributed by atoms with E-state index in [0.29, 0.717) is 18.2 Å². The van der Waals surface area contributed by atoms with Gasteiger partial charge in [0.05, 0.1) is 5.56 Å². The zero-order valence-corrected chi connectivity index (χ0v) is 7.30. The van der Waals surface area contributed by atoms with E-state index < -0.39 is 0 Å². The summed E-state index contributed by atoms with van der Waals surface area (Å²) in [7, 11) is 0. The van der Waals surface area contributed by atoms with Gasteiger partial charge < -0.3 is 10.2 Å². The summed E-state index contributed by atoms with van der Waals surface area (Å²) in [5.74, 6) is 2.04. The third-order valence-corrected chi connectivity index (χ3v) is 2.89. The average molecular weight is 177 g/mol. The van der Waals surface area contributed by atoms with Crippen LogP contribution in [0.25, 0.3) is 0 Å². The molecule has 0 saturated heterocycles. The van der Waals surface area contributed by atoms with Crippen LogP contribution in [0.5, 0.6) is 0 Å². The highest BCUT2D eigenvalue weighted by atomic mass is 16.4. The number of furan rings is 1. The summed E-state index contributed by atoms with van der Waals surface area (Å²) in [5, 5.41) is 0. The highest BCUT2D eigenvalue weighted by Gasteiger charge is 2.37. The molecule has 0 bridgehead atoms. The van der Waals surface area contributed by atoms with E-state index >= 15 is 0 Å². The van der Waals surface area contributed by atoms with Crippen molar-refractivity contribution in [3.05, 3.63) is 16.9 Å². The van der Waals surface area contributed by atoms with Gasteiger partial charge in [0, 0.05) is 18.4 Å². The first-order valence-corrected chi connectivity index (χ1v) is 4.71. The molecular formula is C10H11NO2. The largest absolute Gasteiger partial charge is 0.445 e. The molecule has 2 aliphatic carbocycles. The maximum atomic E-state index is 11.5. The first kappa shape index (κ1) is 7.18. The molecule has 0 atom stereocenters. The molecule has 1 heterocycles. The van der Waals surface area contributed by atoms with Crippen LogP contribution < -0.4 is 5.73 Å². The molecule has 0 radical (unpaired) electrons. The number of nitrogens with two attached hydrogens (primary N) is 1. The number of hydrogen-bond acceptors (Lipinski definition) is 3. The Morgan fingerprint density at radius 3 is 2.77 bits per heavy atom. The molecule has 13 heavy (non-hydrogen) atoms. The predicted molar refractivity (Wildman–Crippen MR) is 47.7 cm³/mol. The van der Waals surface area contributed by atoms with Gasteiger partial charge in [0.15, 0.2) is 11.7 Å². The van der Waals surface area contributed by atoms with Crippen molar-refractivity contribution in [3.8, 4) is 0 Å². The molecule has 0 spiro atoms. The predicted octanol–water partition coefficient (Wildman–Crippen LogP) is 1.87. The average Bonchev–Trinajstić information content (AvgIpc) is 2.79. The second-order valence-electron chi connectivity index (χ2n) is 3.88. The zero-order valence-electron chi connectivity index (χ0n) is 7.30. The molecule has 0 unspecified atom stereocenters. The minimum atomic E-state index is 0.220. The molecule has 1 aromatic rings. The molecule has 0 aliphatic heterocycles. The Balaban J connectivity index is 2.21. The van der Waals surface area contributed by atoms with Crippen molar-refractivity contribution in [2.75, 3.05) is 5.73 Å². The molecule has 0 aromatic carbocycles. The van der Waals surface area contributed by atoms with Crippen molar-refractivity contribution in [1.29, 1.82) is 0 Å². The first-order chi connectivity index (χ1) is 6.27. The zero-order chi connectivity index (χ0) is 9.00. The maximum Gasteiger partial charge on any atom is 0.194 e. The Labute approximate surface area is 75.9 Å². The second kappa shape index (κ2) is 2.16. The summed E-state index contributed by atoms with van der Waals surface area (Å²) in [5.41, 5.74) is 7.57. The number of Topliss-reactive ketones (excluding diaryl/α,β-unsaturated/α-hetero) is 1. The quantitative estimate of drug-likeness (QED) is 0.712. The third-order valence-electron chi connectivity index (χ3n) is 2.89. The van der Waals surface area contributed by atoms with Gasteiger partial charge in [0.2, 0.25) is 0 Å². The lowest BCUT2D eigenvalue weighted by molar-refractivity contribution is 0.0994. The van der Waals surface area contributed by atoms with Crippen molar-refractivity contribution in [1.82, 2.24) is 0 Å². The number of carbonyl (C=O) groups excluding carboxylic acids is 1. The van der Waals surface area contributed by atoms with Crippen LogP contribution in [0.4, 0.5) is 5.88 Å². The van der Waals surface area contributed by atoms with E-state index in [4.69, 9.17) is 10.2 Å². The Bertz CT molecular complexity index is 388. The summed E-state index contributed by atoms with van der Waals surface area (Å²) >= 11 is 0. The number of anilines is 1. The van der Waals surface area contributed by atoms with E-state index in [1.807, 2.05) is 0 Å². The fraction of sp³-hybridized carbons (Fsp3) is 0.500. The lowest BCUT2D eigenvalue weighted by Gasteiger charge is -1.96. The molecule has 3 rings (SSSR count). The minimum Gasteiger partial charge on any atom is -0.445 e. The van der Waals surface area contributed by atoms with Gasteiger partial charge in [-0.15, -0.1) is 0 Å². The van der Waals surface area contributed by atoms with Crippen molar-refractivity contribution < 1.29 is 9.21 Å². The van der Waals surface area contributed by atoms with Crippen LogP contribution in [0.2, 0.25) is 0 Å². The van der Waals surface area contributed by atoms with E-state index in [1.54, 1.807) is 0 Å². The van der Waals surface area contributed by atoms with E-state index in [-0.39, 0.29) is 5.78 Å². The van der Waals surface area contributed by atoms with E-state index in [0.717, 1.165) is 36.1 Å². The van der Waals surface area contributed by atoms with Gasteiger partial charge in [0.1, 0.15) is 5.76 Å². The number of nitrogen functional groups attached to an aromatic ring is 1. The molecule has 2 aliphatic rings. The van der Waals surface area contributed by atoms with Crippen LogP contribution in [-0.4, -0.2) is 5.78 Å². The maximum absolute atomic E-state index is 11.5. The van der Waals surface area contributed by atoms with Crippen molar-refractivity contribution >= 4 is 11.7 Å². The molecule has 1 saturated carbocycles. The van der Waals surface area contributed by atoms with Crippen LogP contribution in [-0.2, 0) is 6.42 Å². The summed E-state index contributed by atoms with van der Waals surface area (Å²) < 4.78 is 5.39. The topological polar surface area (TPSA) is 56.2 Å². The molecule has 0 amide bonds. The van der Waals surface area contributed by atoms with Gasteiger partial charge >= 0.3 is 0 Å². The Hall–Kier alpha value is -1.25. The van der Waals surface area contributed by atoms with Crippen LogP contribution in [0.3, 0.4) is 0 Å². The number of carbonyl (C=O) groups is 1. The Morgan fingerprint density at radius 2 is 2.08 bits per heavy atom. The number of hydrogen-bond donors (Lipinski definition) is 1. The number of ketones is 1. The monoisotopic (exact) mass is 177 g/mol. The van der Waals surface area contributed by atoms with Gasteiger partial charge in [-0.1, -0.05) is 0 Å². The molecular weight excluding hydrogens is 166 g/mol. The molecule has 1 fully saturated rings. The van der Waals surface area contributed by atoms with Crippen molar-refractivity contribution in [3.63, 3.8) is 0 Å². The molecule has 1 aromatic heterocycles. The highest BCUT2D eigenvalue weighted by molar-refractivity contribution is 6.02. The standard InChI is InChI=1S/C10H11NO2/c11-10-8(5-1-2-5)9-6(12)3-4-7(9)13-10/h5H,1-4,11H2. The molecule has 3 nitrogen and oxygen atoms in total. The Morgan fingerprint density at radius 1 is 1.31 bits per heavy atom. The smallest absolute Gasteiger partial charge is 0.194 e. The Kier molecular flexibility index (Phi) is 1.19. The summed E-state index contributed by atoms with van der Waals surface area (Å²) in [6, 6.07) is 0. The molecule has 68 valence electrons. The lowest BCUT2D eigenvalue weighted by Crippen LogP contribution is -1.97. The molecule has 2 N–H and O–H groups in total. The summed E-state index contributed by atoms with van der Waals surface area (Å²) in [6.07, 6.45) is 3.66. The van der Waals surface area contributed by atoms with Gasteiger partial charge in [-0.2, -0.15) is 0 Å². The highest BCUT2D eigenvalue weighted by Crippen LogP contribution is 2.48. The lowest BCUT2D eigenvalue weighted by atomic mass is 10.1. The fourth-order valence-corrected chi connectivity index (χ4v) is 2.12. The van der Waals surface area contributed by atoms with E-state index in [9.17, 15) is 4.79 Å². The van der Waals surface area contributed by atoms with Gasteiger partial charge in [-0.05, 0) is 18.8 Å². The van der Waals surface area contributed by atoms with Gasteiger partial charge in [0.25, 0.3) is 0 Å². The van der Waals surface area contributed by atoms with Crippen LogP contribution in [0.1, 0.15) is 46.9 Å². The van der Waals surface area contributed by atoms with E-state index in [2.05, 4.69) is 0 Å². The number of rotatable bonds is 1. The third kappa shape index (κ3) is 0.870. The van der Waals surface area contributed by atoms with Crippen LogP contribution in [0, 0.1) is 0 Å². The van der Waals surface area contributed by atoms with Crippen molar-refractivity contribution in [2.24, 2.45) is 0 Å². The number of fused-ring (bicyclic) bond motifs is 1. The first-order valence-electron chi connectivity index (χ1n) is 4.71. The summed E-state index contributed by atoms with van der Waals surface area (Å²) in [4.78, 5) is 11.5. The van der Waals surface area contributed by atoms with Gasteiger partial charge in [-0.25, -0.2) is 0 Å². The normalized spacial score (nSPS) is 20.8. The van der Waals surface area contributed by atoms with Crippen LogP contribution in [0.15, 0.2) is 4.42 Å².